The van der Waals surface area contributed by atoms with E-state index >= 15 is 0 Å². The molecular weight excluding hydrogens is 438 g/mol. The molecule has 0 aromatic heterocycles. The number of carbonyl (C=O) groups excluding carboxylic acids is 1. The van der Waals surface area contributed by atoms with Gasteiger partial charge in [-0.05, 0) is 48.2 Å². The van der Waals surface area contributed by atoms with Crippen LogP contribution in [0.3, 0.4) is 0 Å². The molecule has 8 heteroatoms. The first-order chi connectivity index (χ1) is 15.7. The maximum atomic E-state index is 12.3. The molecule has 0 bridgehead atoms. The fraction of sp³-hybridized carbons (Fsp3) is 0.480. The van der Waals surface area contributed by atoms with Crippen molar-refractivity contribution in [3.05, 3.63) is 59.7 Å². The number of hydrogen-bond donors (Lipinski definition) is 1. The van der Waals surface area contributed by atoms with Crippen LogP contribution in [0.1, 0.15) is 34.7 Å². The predicted octanol–water partition coefficient (Wildman–Crippen LogP) is 2.24. The number of rotatable bonds is 5. The van der Waals surface area contributed by atoms with Gasteiger partial charge in [-0.25, -0.2) is 12.7 Å². The molecular formula is C25H33N3O4S. The van der Waals surface area contributed by atoms with Crippen molar-refractivity contribution in [2.45, 2.75) is 30.8 Å². The lowest BCUT2D eigenvalue weighted by molar-refractivity contribution is -0.0553. The maximum Gasteiger partial charge on any atom is 0.253 e. The number of amides is 1. The van der Waals surface area contributed by atoms with Crippen LogP contribution in [0.4, 0.5) is 0 Å². The summed E-state index contributed by atoms with van der Waals surface area (Å²) in [5.41, 5.74) is 3.73. The van der Waals surface area contributed by atoms with Crippen molar-refractivity contribution in [3.8, 4) is 11.1 Å². The van der Waals surface area contributed by atoms with E-state index in [0.717, 1.165) is 36.1 Å². The van der Waals surface area contributed by atoms with Crippen LogP contribution in [-0.2, 0) is 10.0 Å². The van der Waals surface area contributed by atoms with Crippen LogP contribution in [0, 0.1) is 0 Å². The molecule has 1 N–H and O–H groups in total. The third-order valence-corrected chi connectivity index (χ3v) is 8.22. The van der Waals surface area contributed by atoms with Gasteiger partial charge in [0.1, 0.15) is 0 Å². The van der Waals surface area contributed by atoms with Gasteiger partial charge in [-0.15, -0.1) is 0 Å². The standard InChI is InChI=1S/C25H33N3O4S/c1-26(2)25(30)21-8-6-7-20(15-21)18-9-11-19(12-10-18)24-22-16-27(33(3,31)32)13-4-5-14-28(22)23(24)17-29/h6-12,15,22-24,29H,4-5,13-14,16-17H2,1-3H3/t22-,23-,24+/m0/s1. The van der Waals surface area contributed by atoms with Gasteiger partial charge in [0.2, 0.25) is 10.0 Å². The summed E-state index contributed by atoms with van der Waals surface area (Å²) in [5, 5.41) is 10.1. The molecule has 0 spiro atoms. The minimum atomic E-state index is -3.26. The zero-order valence-corrected chi connectivity index (χ0v) is 20.3. The van der Waals surface area contributed by atoms with E-state index in [-0.39, 0.29) is 30.5 Å². The van der Waals surface area contributed by atoms with E-state index in [1.54, 1.807) is 23.3 Å². The van der Waals surface area contributed by atoms with Crippen molar-refractivity contribution in [2.75, 3.05) is 46.6 Å². The van der Waals surface area contributed by atoms with Gasteiger partial charge in [-0.2, -0.15) is 0 Å². The number of aliphatic hydroxyl groups is 1. The molecule has 7 nitrogen and oxygen atoms in total. The second kappa shape index (κ2) is 9.54. The van der Waals surface area contributed by atoms with Crippen molar-refractivity contribution >= 4 is 15.9 Å². The van der Waals surface area contributed by atoms with Crippen LogP contribution < -0.4 is 0 Å². The van der Waals surface area contributed by atoms with Crippen LogP contribution in [0.15, 0.2) is 48.5 Å². The molecule has 2 aromatic carbocycles. The third kappa shape index (κ3) is 4.84. The molecule has 1 amide bonds. The Morgan fingerprint density at radius 3 is 2.39 bits per heavy atom. The second-order valence-corrected chi connectivity index (χ2v) is 11.3. The van der Waals surface area contributed by atoms with E-state index in [1.165, 1.54) is 6.26 Å². The van der Waals surface area contributed by atoms with Crippen LogP contribution in [-0.4, -0.2) is 92.2 Å². The Morgan fingerprint density at radius 1 is 1.06 bits per heavy atom. The lowest BCUT2D eigenvalue weighted by Gasteiger charge is -2.57. The predicted molar refractivity (Wildman–Crippen MR) is 130 cm³/mol. The molecule has 0 aliphatic carbocycles. The summed E-state index contributed by atoms with van der Waals surface area (Å²) in [6, 6.07) is 15.9. The van der Waals surface area contributed by atoms with Crippen LogP contribution in [0.2, 0.25) is 0 Å². The molecule has 2 aromatic rings. The number of aliphatic hydroxyl groups excluding tert-OH is 1. The van der Waals surface area contributed by atoms with Gasteiger partial charge in [-0.1, -0.05) is 36.4 Å². The van der Waals surface area contributed by atoms with Gasteiger partial charge in [-0.3, -0.25) is 9.69 Å². The van der Waals surface area contributed by atoms with E-state index in [9.17, 15) is 18.3 Å². The molecule has 2 saturated heterocycles. The molecule has 2 aliphatic heterocycles. The SMILES string of the molecule is CN(C)C(=O)c1cccc(-c2ccc([C@H]3[C@H](CO)N4CCCCN(S(C)(=O)=O)C[C@@H]34)cc2)c1. The molecule has 3 atom stereocenters. The number of sulfonamides is 1. The van der Waals surface area contributed by atoms with Gasteiger partial charge in [0.05, 0.1) is 12.9 Å². The zero-order valence-electron chi connectivity index (χ0n) is 19.5. The molecule has 0 saturated carbocycles. The Morgan fingerprint density at radius 2 is 1.76 bits per heavy atom. The Balaban J connectivity index is 1.59. The fourth-order valence-corrected chi connectivity index (χ4v) is 6.08. The minimum Gasteiger partial charge on any atom is -0.395 e. The quantitative estimate of drug-likeness (QED) is 0.723. The van der Waals surface area contributed by atoms with E-state index in [0.29, 0.717) is 18.7 Å². The summed E-state index contributed by atoms with van der Waals surface area (Å²) in [6.07, 6.45) is 3.04. The number of carbonyl (C=O) groups is 1. The molecule has 2 fully saturated rings. The summed E-state index contributed by atoms with van der Waals surface area (Å²) < 4.78 is 26.1. The topological polar surface area (TPSA) is 81.2 Å². The molecule has 4 rings (SSSR count). The fourth-order valence-electron chi connectivity index (χ4n) is 5.20. The minimum absolute atomic E-state index is 0.00130. The molecule has 33 heavy (non-hydrogen) atoms. The van der Waals surface area contributed by atoms with Gasteiger partial charge >= 0.3 is 0 Å². The van der Waals surface area contributed by atoms with Crippen molar-refractivity contribution < 1.29 is 18.3 Å². The molecule has 2 aliphatic rings. The van der Waals surface area contributed by atoms with E-state index < -0.39 is 10.0 Å². The highest BCUT2D eigenvalue weighted by Gasteiger charge is 2.49. The number of hydrogen-bond acceptors (Lipinski definition) is 5. The number of nitrogens with zero attached hydrogens (tertiary/aromatic N) is 3. The monoisotopic (exact) mass is 471 g/mol. The lowest BCUT2D eigenvalue weighted by Crippen LogP contribution is -2.67. The molecule has 0 unspecified atom stereocenters. The summed E-state index contributed by atoms with van der Waals surface area (Å²) in [6.45, 7) is 1.95. The van der Waals surface area contributed by atoms with Crippen molar-refractivity contribution in [3.63, 3.8) is 0 Å². The Kier molecular flexibility index (Phi) is 6.91. The summed E-state index contributed by atoms with van der Waals surface area (Å²) >= 11 is 0. The normalized spacial score (nSPS) is 24.3. The molecule has 178 valence electrons. The van der Waals surface area contributed by atoms with Crippen molar-refractivity contribution in [1.29, 1.82) is 0 Å². The zero-order chi connectivity index (χ0) is 23.8. The van der Waals surface area contributed by atoms with Gasteiger partial charge in [0.15, 0.2) is 0 Å². The van der Waals surface area contributed by atoms with E-state index in [2.05, 4.69) is 17.0 Å². The third-order valence-electron chi connectivity index (χ3n) is 6.95. The maximum absolute atomic E-state index is 12.3. The smallest absolute Gasteiger partial charge is 0.253 e. The highest BCUT2D eigenvalue weighted by atomic mass is 32.2. The van der Waals surface area contributed by atoms with E-state index in [4.69, 9.17) is 0 Å². The largest absolute Gasteiger partial charge is 0.395 e. The van der Waals surface area contributed by atoms with Gasteiger partial charge in [0, 0.05) is 50.7 Å². The average molecular weight is 472 g/mol. The van der Waals surface area contributed by atoms with Gasteiger partial charge in [0.25, 0.3) is 5.91 Å². The Labute approximate surface area is 196 Å². The molecule has 0 radical (unpaired) electrons. The van der Waals surface area contributed by atoms with E-state index in [1.807, 2.05) is 36.4 Å². The van der Waals surface area contributed by atoms with Crippen molar-refractivity contribution in [2.24, 2.45) is 0 Å². The first-order valence-electron chi connectivity index (χ1n) is 11.4. The summed E-state index contributed by atoms with van der Waals surface area (Å²) in [7, 11) is 0.215. The Bertz CT molecular complexity index is 1100. The van der Waals surface area contributed by atoms with Crippen LogP contribution >= 0.6 is 0 Å². The van der Waals surface area contributed by atoms with Crippen LogP contribution in [0.5, 0.6) is 0 Å². The van der Waals surface area contributed by atoms with Crippen LogP contribution in [0.25, 0.3) is 11.1 Å². The van der Waals surface area contributed by atoms with Gasteiger partial charge < -0.3 is 10.0 Å². The highest BCUT2D eigenvalue weighted by Crippen LogP contribution is 2.42. The first kappa shape index (κ1) is 23.9. The molecule has 2 heterocycles. The number of fused-ring (bicyclic) bond motifs is 1. The van der Waals surface area contributed by atoms with Crippen molar-refractivity contribution in [1.82, 2.24) is 14.1 Å². The lowest BCUT2D eigenvalue weighted by atomic mass is 9.74. The Hall–Kier alpha value is -2.26. The summed E-state index contributed by atoms with van der Waals surface area (Å²) in [5.74, 6) is 0.0431. The second-order valence-electron chi connectivity index (χ2n) is 9.31. The highest BCUT2D eigenvalue weighted by molar-refractivity contribution is 7.88. The number of benzene rings is 2. The summed E-state index contributed by atoms with van der Waals surface area (Å²) in [4.78, 5) is 16.2. The average Bonchev–Trinajstić information content (AvgIpc) is 2.77. The first-order valence-corrected chi connectivity index (χ1v) is 13.3.